The maximum Gasteiger partial charge on any atom is 0.412 e. The maximum atomic E-state index is 11.9. The van der Waals surface area contributed by atoms with Gasteiger partial charge in [0.1, 0.15) is 5.60 Å². The molecule has 1 amide bonds. The normalized spacial score (nSPS) is 11.2. The molecule has 0 aliphatic rings. The van der Waals surface area contributed by atoms with Gasteiger partial charge in [-0.3, -0.25) is 5.32 Å². The number of methoxy groups -OCH3 is 1. The Hall–Kier alpha value is -2.57. The predicted molar refractivity (Wildman–Crippen MR) is 76.4 cm³/mol. The number of aromatic nitrogens is 2. The number of hydrogen-bond donors (Lipinski definition) is 1. The van der Waals surface area contributed by atoms with Gasteiger partial charge in [0.2, 0.25) is 0 Å². The van der Waals surface area contributed by atoms with Crippen LogP contribution in [0.1, 0.15) is 31.1 Å². The number of esters is 1. The number of rotatable bonds is 2. The molecule has 0 unspecified atom stereocenters. The van der Waals surface area contributed by atoms with Crippen molar-refractivity contribution in [1.29, 1.82) is 0 Å². The van der Waals surface area contributed by atoms with Crippen LogP contribution in [-0.4, -0.2) is 34.4 Å². The van der Waals surface area contributed by atoms with E-state index in [2.05, 4.69) is 15.2 Å². The van der Waals surface area contributed by atoms with Crippen LogP contribution in [0, 0.1) is 0 Å². The average molecular weight is 291 g/mol. The van der Waals surface area contributed by atoms with Crippen molar-refractivity contribution in [3.63, 3.8) is 0 Å². The Morgan fingerprint density at radius 2 is 2.05 bits per heavy atom. The van der Waals surface area contributed by atoms with Gasteiger partial charge < -0.3 is 9.47 Å². The highest BCUT2D eigenvalue weighted by atomic mass is 16.6. The SMILES string of the molecule is COC(=O)c1cc(NC(=O)OC(C)(C)C)c2ccnn2c1. The van der Waals surface area contributed by atoms with Crippen LogP contribution in [0.3, 0.4) is 0 Å². The third-order valence-electron chi connectivity index (χ3n) is 2.56. The smallest absolute Gasteiger partial charge is 0.412 e. The lowest BCUT2D eigenvalue weighted by atomic mass is 10.2. The lowest BCUT2D eigenvalue weighted by molar-refractivity contribution is 0.0595. The number of fused-ring (bicyclic) bond motifs is 1. The maximum absolute atomic E-state index is 11.9. The van der Waals surface area contributed by atoms with Crippen LogP contribution in [0.2, 0.25) is 0 Å². The van der Waals surface area contributed by atoms with Crippen molar-refractivity contribution in [2.45, 2.75) is 26.4 Å². The Morgan fingerprint density at radius 3 is 2.67 bits per heavy atom. The molecule has 112 valence electrons. The molecule has 0 radical (unpaired) electrons. The van der Waals surface area contributed by atoms with Gasteiger partial charge in [-0.1, -0.05) is 0 Å². The first-order valence-electron chi connectivity index (χ1n) is 6.36. The molecule has 0 atom stereocenters. The molecule has 2 rings (SSSR count). The summed E-state index contributed by atoms with van der Waals surface area (Å²) in [6, 6.07) is 3.24. The van der Waals surface area contributed by atoms with Crippen molar-refractivity contribution in [3.8, 4) is 0 Å². The fraction of sp³-hybridized carbons (Fsp3) is 0.357. The molecule has 7 heteroatoms. The number of pyridine rings is 1. The standard InChI is InChI=1S/C14H17N3O4/c1-14(2,3)21-13(19)16-10-7-9(12(18)20-4)8-17-11(10)5-6-15-17/h5-8H,1-4H3,(H,16,19). The zero-order chi connectivity index (χ0) is 15.6. The van der Waals surface area contributed by atoms with Gasteiger partial charge in [0.15, 0.2) is 0 Å². The van der Waals surface area contributed by atoms with E-state index in [1.807, 2.05) is 0 Å². The molecule has 0 saturated carbocycles. The molecule has 0 fully saturated rings. The second-order valence-corrected chi connectivity index (χ2v) is 5.42. The molecular weight excluding hydrogens is 274 g/mol. The molecule has 1 N–H and O–H groups in total. The number of nitrogens with one attached hydrogen (secondary N) is 1. The zero-order valence-electron chi connectivity index (χ0n) is 12.3. The number of amides is 1. The highest BCUT2D eigenvalue weighted by Crippen LogP contribution is 2.20. The van der Waals surface area contributed by atoms with Crippen LogP contribution >= 0.6 is 0 Å². The minimum atomic E-state index is -0.611. The van der Waals surface area contributed by atoms with Gasteiger partial charge in [0.05, 0.1) is 30.1 Å². The van der Waals surface area contributed by atoms with Crippen LogP contribution in [-0.2, 0) is 9.47 Å². The summed E-state index contributed by atoms with van der Waals surface area (Å²) in [4.78, 5) is 23.5. The summed E-state index contributed by atoms with van der Waals surface area (Å²) in [5, 5.41) is 6.67. The minimum Gasteiger partial charge on any atom is -0.465 e. The van der Waals surface area contributed by atoms with E-state index in [4.69, 9.17) is 4.74 Å². The lowest BCUT2D eigenvalue weighted by Crippen LogP contribution is -2.27. The molecule has 0 aromatic carbocycles. The second-order valence-electron chi connectivity index (χ2n) is 5.42. The van der Waals surface area contributed by atoms with Gasteiger partial charge in [0.25, 0.3) is 0 Å². The Morgan fingerprint density at radius 1 is 1.33 bits per heavy atom. The second kappa shape index (κ2) is 5.43. The first-order valence-corrected chi connectivity index (χ1v) is 6.36. The third-order valence-corrected chi connectivity index (χ3v) is 2.56. The quantitative estimate of drug-likeness (QED) is 0.859. The molecule has 21 heavy (non-hydrogen) atoms. The Balaban J connectivity index is 2.35. The van der Waals surface area contributed by atoms with E-state index in [-0.39, 0.29) is 5.56 Å². The van der Waals surface area contributed by atoms with Crippen molar-refractivity contribution in [1.82, 2.24) is 9.61 Å². The lowest BCUT2D eigenvalue weighted by Gasteiger charge is -2.20. The summed E-state index contributed by atoms with van der Waals surface area (Å²) in [5.74, 6) is -0.514. The molecule has 0 aliphatic heterocycles. The van der Waals surface area contributed by atoms with Crippen molar-refractivity contribution in [2.24, 2.45) is 0 Å². The van der Waals surface area contributed by atoms with Crippen LogP contribution < -0.4 is 5.32 Å². The highest BCUT2D eigenvalue weighted by molar-refractivity contribution is 5.96. The Bertz CT molecular complexity index is 685. The summed E-state index contributed by atoms with van der Waals surface area (Å²) in [6.45, 7) is 5.31. The largest absolute Gasteiger partial charge is 0.465 e. The Kier molecular flexibility index (Phi) is 3.84. The summed E-state index contributed by atoms with van der Waals surface area (Å²) in [6.07, 6.45) is 2.49. The van der Waals surface area contributed by atoms with Crippen LogP contribution in [0.15, 0.2) is 24.5 Å². The fourth-order valence-corrected chi connectivity index (χ4v) is 1.77. The van der Waals surface area contributed by atoms with E-state index < -0.39 is 17.7 Å². The molecule has 2 aromatic heterocycles. The molecular formula is C14H17N3O4. The fourth-order valence-electron chi connectivity index (χ4n) is 1.77. The summed E-state index contributed by atoms with van der Waals surface area (Å²) < 4.78 is 11.4. The van der Waals surface area contributed by atoms with Gasteiger partial charge in [-0.25, -0.2) is 14.1 Å². The minimum absolute atomic E-state index is 0.278. The van der Waals surface area contributed by atoms with Crippen LogP contribution in [0.4, 0.5) is 10.5 Å². The average Bonchev–Trinajstić information content (AvgIpc) is 2.83. The van der Waals surface area contributed by atoms with Crippen molar-refractivity contribution in [2.75, 3.05) is 12.4 Å². The van der Waals surface area contributed by atoms with Gasteiger partial charge in [-0.2, -0.15) is 5.10 Å². The first kappa shape index (κ1) is 14.8. The zero-order valence-corrected chi connectivity index (χ0v) is 12.3. The molecule has 0 aliphatic carbocycles. The highest BCUT2D eigenvalue weighted by Gasteiger charge is 2.18. The first-order chi connectivity index (χ1) is 9.80. The van der Waals surface area contributed by atoms with Crippen LogP contribution in [0.25, 0.3) is 5.52 Å². The monoisotopic (exact) mass is 291 g/mol. The summed E-state index contributed by atoms with van der Waals surface area (Å²) >= 11 is 0. The molecule has 2 aromatic rings. The Labute approximate surface area is 121 Å². The van der Waals surface area contributed by atoms with E-state index in [9.17, 15) is 9.59 Å². The van der Waals surface area contributed by atoms with E-state index in [0.717, 1.165) is 0 Å². The van der Waals surface area contributed by atoms with Crippen molar-refractivity contribution in [3.05, 3.63) is 30.1 Å². The van der Waals surface area contributed by atoms with Crippen molar-refractivity contribution >= 4 is 23.3 Å². The third kappa shape index (κ3) is 3.50. The molecule has 0 saturated heterocycles. The van der Waals surface area contributed by atoms with Gasteiger partial charge >= 0.3 is 12.1 Å². The van der Waals surface area contributed by atoms with Gasteiger partial charge in [-0.15, -0.1) is 0 Å². The van der Waals surface area contributed by atoms with Crippen molar-refractivity contribution < 1.29 is 19.1 Å². The van der Waals surface area contributed by atoms with E-state index >= 15 is 0 Å². The number of carbonyl (C=O) groups is 2. The van der Waals surface area contributed by atoms with E-state index in [1.165, 1.54) is 23.9 Å². The summed E-state index contributed by atoms with van der Waals surface area (Å²) in [5.41, 5.74) is 0.735. The number of carbonyl (C=O) groups excluding carboxylic acids is 2. The number of ether oxygens (including phenoxy) is 2. The molecule has 0 spiro atoms. The van der Waals surface area contributed by atoms with E-state index in [1.54, 1.807) is 33.0 Å². The molecule has 7 nitrogen and oxygen atoms in total. The van der Waals surface area contributed by atoms with Gasteiger partial charge in [-0.05, 0) is 32.9 Å². The molecule has 2 heterocycles. The summed E-state index contributed by atoms with van der Waals surface area (Å²) in [7, 11) is 1.29. The van der Waals surface area contributed by atoms with E-state index in [0.29, 0.717) is 11.2 Å². The topological polar surface area (TPSA) is 81.9 Å². The molecule has 0 bridgehead atoms. The number of hydrogen-bond acceptors (Lipinski definition) is 5. The van der Waals surface area contributed by atoms with Gasteiger partial charge in [0, 0.05) is 6.20 Å². The number of nitrogens with zero attached hydrogens (tertiary/aromatic N) is 2. The predicted octanol–water partition coefficient (Wildman–Crippen LogP) is 2.47. The number of anilines is 1. The van der Waals surface area contributed by atoms with Crippen LogP contribution in [0.5, 0.6) is 0 Å².